The van der Waals surface area contributed by atoms with Crippen LogP contribution in [0.2, 0.25) is 5.02 Å². The number of rotatable bonds is 5. The van der Waals surface area contributed by atoms with Crippen molar-refractivity contribution >= 4 is 34.3 Å². The third kappa shape index (κ3) is 4.47. The summed E-state index contributed by atoms with van der Waals surface area (Å²) in [6, 6.07) is 16.8. The predicted octanol–water partition coefficient (Wildman–Crippen LogP) is 6.09. The van der Waals surface area contributed by atoms with Gasteiger partial charge < -0.3 is 14.5 Å². The second kappa shape index (κ2) is 8.20. The van der Waals surface area contributed by atoms with Gasteiger partial charge in [-0.25, -0.2) is 4.98 Å². The first-order chi connectivity index (χ1) is 14.4. The van der Waals surface area contributed by atoms with Crippen LogP contribution in [0.3, 0.4) is 0 Å². The van der Waals surface area contributed by atoms with Crippen LogP contribution >= 0.6 is 11.6 Å². The molecule has 0 fully saturated rings. The van der Waals surface area contributed by atoms with Crippen LogP contribution in [-0.2, 0) is 4.79 Å². The van der Waals surface area contributed by atoms with Crippen molar-refractivity contribution in [3.63, 3.8) is 0 Å². The van der Waals surface area contributed by atoms with Crippen LogP contribution in [-0.4, -0.2) is 17.5 Å². The molecular formula is C24H21ClN2O3. The summed E-state index contributed by atoms with van der Waals surface area (Å²) in [4.78, 5) is 16.9. The van der Waals surface area contributed by atoms with E-state index in [1.807, 2.05) is 51.1 Å². The lowest BCUT2D eigenvalue weighted by molar-refractivity contribution is -0.118. The van der Waals surface area contributed by atoms with E-state index in [-0.39, 0.29) is 12.5 Å². The number of amides is 1. The molecule has 1 heterocycles. The van der Waals surface area contributed by atoms with E-state index in [1.165, 1.54) is 0 Å². The molecule has 0 aliphatic heterocycles. The Hall–Kier alpha value is -3.31. The maximum absolute atomic E-state index is 12.4. The maximum Gasteiger partial charge on any atom is 0.262 e. The normalized spacial score (nSPS) is 10.9. The number of carbonyl (C=O) groups is 1. The van der Waals surface area contributed by atoms with Gasteiger partial charge in [-0.1, -0.05) is 23.7 Å². The van der Waals surface area contributed by atoms with Gasteiger partial charge >= 0.3 is 0 Å². The smallest absolute Gasteiger partial charge is 0.262 e. The van der Waals surface area contributed by atoms with Crippen LogP contribution in [0.25, 0.3) is 22.6 Å². The number of halogens is 1. The van der Waals surface area contributed by atoms with Crippen molar-refractivity contribution in [3.8, 4) is 17.2 Å². The SMILES string of the molecule is Cc1cc(C)cc(OCC(=O)Nc2cc(-c3nc4cc(Cl)ccc4o3)ccc2C)c1. The number of nitrogens with zero attached hydrogens (tertiary/aromatic N) is 1. The third-order valence-corrected chi connectivity index (χ3v) is 4.91. The van der Waals surface area contributed by atoms with E-state index in [0.29, 0.717) is 33.4 Å². The fourth-order valence-corrected chi connectivity index (χ4v) is 3.43. The molecule has 0 aliphatic rings. The van der Waals surface area contributed by atoms with E-state index in [0.717, 1.165) is 22.3 Å². The zero-order valence-electron chi connectivity index (χ0n) is 17.0. The molecule has 30 heavy (non-hydrogen) atoms. The summed E-state index contributed by atoms with van der Waals surface area (Å²) >= 11 is 6.03. The van der Waals surface area contributed by atoms with Crippen molar-refractivity contribution in [3.05, 3.63) is 76.3 Å². The van der Waals surface area contributed by atoms with Crippen LogP contribution in [0.15, 0.2) is 59.0 Å². The Morgan fingerprint density at radius 2 is 1.80 bits per heavy atom. The van der Waals surface area contributed by atoms with E-state index in [4.69, 9.17) is 20.8 Å². The number of carbonyl (C=O) groups excluding carboxylic acids is 1. The van der Waals surface area contributed by atoms with Crippen molar-refractivity contribution in [2.24, 2.45) is 0 Å². The maximum atomic E-state index is 12.4. The van der Waals surface area contributed by atoms with Crippen molar-refractivity contribution < 1.29 is 13.9 Å². The molecule has 0 unspecified atom stereocenters. The van der Waals surface area contributed by atoms with Gasteiger partial charge in [0.25, 0.3) is 5.91 Å². The first-order valence-corrected chi connectivity index (χ1v) is 9.93. The fourth-order valence-electron chi connectivity index (χ4n) is 3.27. The van der Waals surface area contributed by atoms with Crippen molar-refractivity contribution in [2.45, 2.75) is 20.8 Å². The Balaban J connectivity index is 1.50. The number of hydrogen-bond donors (Lipinski definition) is 1. The molecule has 0 aliphatic carbocycles. The number of aryl methyl sites for hydroxylation is 3. The van der Waals surface area contributed by atoms with Gasteiger partial charge in [-0.15, -0.1) is 0 Å². The van der Waals surface area contributed by atoms with Gasteiger partial charge in [0.15, 0.2) is 12.2 Å². The average molecular weight is 421 g/mol. The predicted molar refractivity (Wildman–Crippen MR) is 119 cm³/mol. The molecule has 0 spiro atoms. The Kier molecular flexibility index (Phi) is 5.46. The van der Waals surface area contributed by atoms with Gasteiger partial charge in [-0.05, 0) is 79.9 Å². The number of hydrogen-bond acceptors (Lipinski definition) is 4. The van der Waals surface area contributed by atoms with E-state index < -0.39 is 0 Å². The summed E-state index contributed by atoms with van der Waals surface area (Å²) in [5, 5.41) is 3.51. The average Bonchev–Trinajstić information content (AvgIpc) is 3.10. The van der Waals surface area contributed by atoms with E-state index in [1.54, 1.807) is 18.2 Å². The van der Waals surface area contributed by atoms with Gasteiger partial charge in [0.2, 0.25) is 5.89 Å². The van der Waals surface area contributed by atoms with Crippen molar-refractivity contribution in [2.75, 3.05) is 11.9 Å². The number of ether oxygens (including phenoxy) is 1. The molecule has 0 bridgehead atoms. The zero-order chi connectivity index (χ0) is 21.3. The molecule has 0 saturated heterocycles. The minimum absolute atomic E-state index is 0.0754. The first kappa shape index (κ1) is 20.0. The second-order valence-electron chi connectivity index (χ2n) is 7.32. The van der Waals surface area contributed by atoms with Gasteiger partial charge in [0, 0.05) is 16.3 Å². The summed E-state index contributed by atoms with van der Waals surface area (Å²) < 4.78 is 11.5. The Bertz CT molecular complexity index is 1230. The largest absolute Gasteiger partial charge is 0.484 e. The lowest BCUT2D eigenvalue weighted by atomic mass is 10.1. The van der Waals surface area contributed by atoms with Gasteiger partial charge in [0.1, 0.15) is 11.3 Å². The lowest BCUT2D eigenvalue weighted by Crippen LogP contribution is -2.20. The topological polar surface area (TPSA) is 64.4 Å². The minimum Gasteiger partial charge on any atom is -0.484 e. The lowest BCUT2D eigenvalue weighted by Gasteiger charge is -2.11. The highest BCUT2D eigenvalue weighted by atomic mass is 35.5. The molecule has 0 radical (unpaired) electrons. The molecule has 6 heteroatoms. The second-order valence-corrected chi connectivity index (χ2v) is 7.76. The first-order valence-electron chi connectivity index (χ1n) is 9.55. The molecule has 5 nitrogen and oxygen atoms in total. The van der Waals surface area contributed by atoms with Gasteiger partial charge in [-0.3, -0.25) is 4.79 Å². The highest BCUT2D eigenvalue weighted by molar-refractivity contribution is 6.31. The molecule has 1 N–H and O–H groups in total. The molecule has 4 rings (SSSR count). The number of aromatic nitrogens is 1. The van der Waals surface area contributed by atoms with Crippen LogP contribution in [0.1, 0.15) is 16.7 Å². The number of benzene rings is 3. The molecule has 0 saturated carbocycles. The quantitative estimate of drug-likeness (QED) is 0.424. The number of oxazole rings is 1. The van der Waals surface area contributed by atoms with E-state index in [2.05, 4.69) is 16.4 Å². The zero-order valence-corrected chi connectivity index (χ0v) is 17.7. The summed E-state index contributed by atoms with van der Waals surface area (Å²) in [5.74, 6) is 0.909. The van der Waals surface area contributed by atoms with Crippen LogP contribution in [0, 0.1) is 20.8 Å². The highest BCUT2D eigenvalue weighted by Crippen LogP contribution is 2.29. The molecule has 1 aromatic heterocycles. The molecule has 4 aromatic rings. The summed E-state index contributed by atoms with van der Waals surface area (Å²) in [7, 11) is 0. The monoisotopic (exact) mass is 420 g/mol. The fraction of sp³-hybridized carbons (Fsp3) is 0.167. The molecule has 3 aromatic carbocycles. The van der Waals surface area contributed by atoms with Crippen LogP contribution < -0.4 is 10.1 Å². The summed E-state index contributed by atoms with van der Waals surface area (Å²) in [5.41, 5.74) is 5.90. The van der Waals surface area contributed by atoms with Crippen molar-refractivity contribution in [1.29, 1.82) is 0 Å². The van der Waals surface area contributed by atoms with Crippen LogP contribution in [0.4, 0.5) is 5.69 Å². The number of nitrogens with one attached hydrogen (secondary N) is 1. The number of anilines is 1. The summed E-state index contributed by atoms with van der Waals surface area (Å²) in [6.07, 6.45) is 0. The third-order valence-electron chi connectivity index (χ3n) is 4.67. The molecular weight excluding hydrogens is 400 g/mol. The standard InChI is InChI=1S/C24H21ClN2O3/c1-14-8-15(2)10-19(9-14)29-13-23(28)26-20-11-17(5-4-16(20)3)24-27-21-12-18(25)6-7-22(21)30-24/h4-12H,13H2,1-3H3,(H,26,28). The highest BCUT2D eigenvalue weighted by Gasteiger charge is 2.12. The number of fused-ring (bicyclic) bond motifs is 1. The minimum atomic E-state index is -0.237. The molecule has 152 valence electrons. The van der Waals surface area contributed by atoms with E-state index >= 15 is 0 Å². The van der Waals surface area contributed by atoms with Gasteiger partial charge in [-0.2, -0.15) is 0 Å². The molecule has 1 amide bonds. The van der Waals surface area contributed by atoms with Gasteiger partial charge in [0.05, 0.1) is 0 Å². The van der Waals surface area contributed by atoms with Crippen molar-refractivity contribution in [1.82, 2.24) is 4.98 Å². The van der Waals surface area contributed by atoms with Crippen LogP contribution in [0.5, 0.6) is 5.75 Å². The molecule has 0 atom stereocenters. The summed E-state index contributed by atoms with van der Waals surface area (Å²) in [6.45, 7) is 5.84. The Labute approximate surface area is 179 Å². The van der Waals surface area contributed by atoms with E-state index in [9.17, 15) is 4.79 Å². The Morgan fingerprint density at radius 3 is 2.57 bits per heavy atom. The Morgan fingerprint density at radius 1 is 1.03 bits per heavy atom.